The first-order chi connectivity index (χ1) is 8.16. The number of aryl methyl sites for hydroxylation is 1. The van der Waals surface area contributed by atoms with Crippen molar-refractivity contribution in [3.8, 4) is 0 Å². The molecule has 17 heavy (non-hydrogen) atoms. The fourth-order valence-electron chi connectivity index (χ4n) is 2.56. The minimum atomic E-state index is -0.0683. The van der Waals surface area contributed by atoms with E-state index in [1.54, 1.807) is 4.57 Å². The van der Waals surface area contributed by atoms with Gasteiger partial charge in [0.15, 0.2) is 0 Å². The van der Waals surface area contributed by atoms with Crippen LogP contribution >= 0.6 is 11.6 Å². The molecule has 0 bridgehead atoms. The van der Waals surface area contributed by atoms with Gasteiger partial charge in [-0.1, -0.05) is 11.6 Å². The average molecular weight is 252 g/mol. The zero-order valence-electron chi connectivity index (χ0n) is 9.59. The Kier molecular flexibility index (Phi) is 2.49. The number of benzene rings is 1. The number of imidazole rings is 1. The van der Waals surface area contributed by atoms with Gasteiger partial charge < -0.3 is 10.3 Å². The highest BCUT2D eigenvalue weighted by Crippen LogP contribution is 2.27. The fourth-order valence-corrected chi connectivity index (χ4v) is 2.92. The summed E-state index contributed by atoms with van der Waals surface area (Å²) in [5.74, 6) is 0. The van der Waals surface area contributed by atoms with Crippen molar-refractivity contribution in [2.45, 2.75) is 19.4 Å². The SMILES string of the molecule is Cc1cc(Cl)c2c(c1)[nH]c(=O)n2C1CCNC1. The molecule has 0 aliphatic carbocycles. The third kappa shape index (κ3) is 1.68. The molecule has 1 aliphatic rings. The second-order valence-electron chi connectivity index (χ2n) is 4.59. The van der Waals surface area contributed by atoms with Crippen LogP contribution in [0.1, 0.15) is 18.0 Å². The van der Waals surface area contributed by atoms with Gasteiger partial charge in [0.05, 0.1) is 22.1 Å². The molecule has 0 saturated carbocycles. The van der Waals surface area contributed by atoms with E-state index >= 15 is 0 Å². The summed E-state index contributed by atoms with van der Waals surface area (Å²) in [7, 11) is 0. The lowest BCUT2D eigenvalue weighted by molar-refractivity contribution is 0.546. The van der Waals surface area contributed by atoms with E-state index in [0.717, 1.165) is 36.1 Å². The van der Waals surface area contributed by atoms with Crippen molar-refractivity contribution in [2.24, 2.45) is 0 Å². The standard InChI is InChI=1S/C12H14ClN3O/c1-7-4-9(13)11-10(5-7)15-12(17)16(11)8-2-3-14-6-8/h4-5,8,14H,2-3,6H2,1H3,(H,15,17). The highest BCUT2D eigenvalue weighted by atomic mass is 35.5. The Hall–Kier alpha value is -1.26. The number of hydrogen-bond donors (Lipinski definition) is 2. The molecular formula is C12H14ClN3O. The van der Waals surface area contributed by atoms with E-state index < -0.39 is 0 Å². The van der Waals surface area contributed by atoms with Crippen molar-refractivity contribution in [1.29, 1.82) is 0 Å². The Morgan fingerprint density at radius 3 is 3.00 bits per heavy atom. The number of hydrogen-bond acceptors (Lipinski definition) is 2. The number of nitrogens with one attached hydrogen (secondary N) is 2. The molecule has 1 fully saturated rings. The molecule has 1 aromatic carbocycles. The maximum Gasteiger partial charge on any atom is 0.326 e. The fraction of sp³-hybridized carbons (Fsp3) is 0.417. The molecule has 1 aromatic heterocycles. The van der Waals surface area contributed by atoms with Gasteiger partial charge in [-0.2, -0.15) is 0 Å². The molecule has 3 rings (SSSR count). The number of aromatic amines is 1. The van der Waals surface area contributed by atoms with Gasteiger partial charge in [0, 0.05) is 6.54 Å². The zero-order valence-corrected chi connectivity index (χ0v) is 10.3. The Labute approximate surface area is 104 Å². The lowest BCUT2D eigenvalue weighted by atomic mass is 10.2. The molecule has 0 amide bonds. The highest BCUT2D eigenvalue weighted by Gasteiger charge is 2.22. The molecule has 1 atom stereocenters. The van der Waals surface area contributed by atoms with Crippen LogP contribution in [0.25, 0.3) is 11.0 Å². The molecule has 1 saturated heterocycles. The van der Waals surface area contributed by atoms with Crippen molar-refractivity contribution in [1.82, 2.24) is 14.9 Å². The molecular weight excluding hydrogens is 238 g/mol. The molecule has 90 valence electrons. The number of fused-ring (bicyclic) bond motifs is 1. The van der Waals surface area contributed by atoms with Crippen LogP contribution in [0.15, 0.2) is 16.9 Å². The van der Waals surface area contributed by atoms with Crippen LogP contribution in [0.4, 0.5) is 0 Å². The summed E-state index contributed by atoms with van der Waals surface area (Å²) in [5, 5.41) is 3.91. The smallest absolute Gasteiger partial charge is 0.315 e. The first-order valence-electron chi connectivity index (χ1n) is 5.78. The highest BCUT2D eigenvalue weighted by molar-refractivity contribution is 6.35. The predicted molar refractivity (Wildman–Crippen MR) is 68.8 cm³/mol. The van der Waals surface area contributed by atoms with Crippen molar-refractivity contribution >= 4 is 22.6 Å². The van der Waals surface area contributed by atoms with E-state index in [-0.39, 0.29) is 11.7 Å². The molecule has 1 aliphatic heterocycles. The first-order valence-corrected chi connectivity index (χ1v) is 6.15. The summed E-state index contributed by atoms with van der Waals surface area (Å²) in [6.45, 7) is 3.75. The van der Waals surface area contributed by atoms with Crippen LogP contribution in [0.3, 0.4) is 0 Å². The summed E-state index contributed by atoms with van der Waals surface area (Å²) >= 11 is 6.26. The van der Waals surface area contributed by atoms with Crippen LogP contribution in [0, 0.1) is 6.92 Å². The van der Waals surface area contributed by atoms with Crippen LogP contribution in [0.2, 0.25) is 5.02 Å². The number of H-pyrrole nitrogens is 1. The predicted octanol–water partition coefficient (Wildman–Crippen LogP) is 1.83. The summed E-state index contributed by atoms with van der Waals surface area (Å²) in [6.07, 6.45) is 0.969. The minimum Gasteiger partial charge on any atom is -0.315 e. The maximum absolute atomic E-state index is 12.0. The molecule has 0 radical (unpaired) electrons. The molecule has 1 unspecified atom stereocenters. The van der Waals surface area contributed by atoms with Crippen molar-refractivity contribution < 1.29 is 0 Å². The zero-order chi connectivity index (χ0) is 12.0. The summed E-state index contributed by atoms with van der Waals surface area (Å²) in [5.41, 5.74) is 2.64. The number of aromatic nitrogens is 2. The Bertz CT molecular complexity index is 622. The summed E-state index contributed by atoms with van der Waals surface area (Å²) < 4.78 is 1.79. The Morgan fingerprint density at radius 1 is 1.47 bits per heavy atom. The quantitative estimate of drug-likeness (QED) is 0.812. The molecule has 2 heterocycles. The van der Waals surface area contributed by atoms with Crippen LogP contribution in [-0.4, -0.2) is 22.6 Å². The summed E-state index contributed by atoms with van der Waals surface area (Å²) in [6, 6.07) is 4.06. The van der Waals surface area contributed by atoms with Gasteiger partial charge in [-0.05, 0) is 37.6 Å². The van der Waals surface area contributed by atoms with Crippen molar-refractivity contribution in [3.05, 3.63) is 33.2 Å². The molecule has 0 spiro atoms. The van der Waals surface area contributed by atoms with Gasteiger partial charge >= 0.3 is 5.69 Å². The van der Waals surface area contributed by atoms with Gasteiger partial charge in [0.1, 0.15) is 0 Å². The van der Waals surface area contributed by atoms with E-state index in [9.17, 15) is 4.79 Å². The monoisotopic (exact) mass is 251 g/mol. The number of halogens is 1. The van der Waals surface area contributed by atoms with Crippen molar-refractivity contribution in [2.75, 3.05) is 13.1 Å². The molecule has 5 heteroatoms. The van der Waals surface area contributed by atoms with Gasteiger partial charge in [0.25, 0.3) is 0 Å². The van der Waals surface area contributed by atoms with E-state index in [2.05, 4.69) is 10.3 Å². The Morgan fingerprint density at radius 2 is 2.29 bits per heavy atom. The van der Waals surface area contributed by atoms with Crippen molar-refractivity contribution in [3.63, 3.8) is 0 Å². The van der Waals surface area contributed by atoms with Crippen LogP contribution < -0.4 is 11.0 Å². The second-order valence-corrected chi connectivity index (χ2v) is 5.00. The normalized spacial score (nSPS) is 20.2. The molecule has 2 aromatic rings. The topological polar surface area (TPSA) is 49.8 Å². The lowest BCUT2D eigenvalue weighted by Gasteiger charge is -2.11. The number of rotatable bonds is 1. The lowest BCUT2D eigenvalue weighted by Crippen LogP contribution is -2.23. The third-order valence-corrected chi connectivity index (χ3v) is 3.60. The van der Waals surface area contributed by atoms with Gasteiger partial charge in [-0.3, -0.25) is 4.57 Å². The second kappa shape index (κ2) is 3.89. The maximum atomic E-state index is 12.0. The van der Waals surface area contributed by atoms with E-state index in [0.29, 0.717) is 5.02 Å². The first kappa shape index (κ1) is 10.9. The van der Waals surface area contributed by atoms with E-state index in [1.165, 1.54) is 0 Å². The Balaban J connectivity index is 2.30. The summed E-state index contributed by atoms with van der Waals surface area (Å²) in [4.78, 5) is 14.9. The molecule has 2 N–H and O–H groups in total. The van der Waals surface area contributed by atoms with Gasteiger partial charge in [-0.15, -0.1) is 0 Å². The van der Waals surface area contributed by atoms with E-state index in [1.807, 2.05) is 19.1 Å². The van der Waals surface area contributed by atoms with Gasteiger partial charge in [-0.25, -0.2) is 4.79 Å². The molecule has 4 nitrogen and oxygen atoms in total. The van der Waals surface area contributed by atoms with E-state index in [4.69, 9.17) is 11.6 Å². The number of nitrogens with zero attached hydrogens (tertiary/aromatic N) is 1. The van der Waals surface area contributed by atoms with Gasteiger partial charge in [0.2, 0.25) is 0 Å². The van der Waals surface area contributed by atoms with Crippen LogP contribution in [0.5, 0.6) is 0 Å². The average Bonchev–Trinajstić information content (AvgIpc) is 2.83. The minimum absolute atomic E-state index is 0.0683. The third-order valence-electron chi connectivity index (χ3n) is 3.31. The largest absolute Gasteiger partial charge is 0.326 e. The van der Waals surface area contributed by atoms with Crippen LogP contribution in [-0.2, 0) is 0 Å².